The molecular weight excluding hydrogens is 602 g/mol. The molecule has 0 spiro atoms. The molecule has 0 aliphatic rings. The van der Waals surface area contributed by atoms with Crippen LogP contribution in [0.1, 0.15) is 56.9 Å². The SMILES string of the molecule is COC(=O)N[C@H](CO)Cc1ccc(OCc2ccc(CNC(=O)OC(C)(C)C)cc2)cc1N[C@@H](C(=O)OCc1ccccc1)C(C)C. The number of carbonyl (C=O) groups is 3. The molecule has 0 bridgehead atoms. The van der Waals surface area contributed by atoms with Gasteiger partial charge in [0.2, 0.25) is 0 Å². The van der Waals surface area contributed by atoms with Gasteiger partial charge in [0.1, 0.15) is 30.6 Å². The molecule has 2 amide bonds. The van der Waals surface area contributed by atoms with Gasteiger partial charge in [-0.1, -0.05) is 74.5 Å². The van der Waals surface area contributed by atoms with E-state index in [0.717, 1.165) is 22.3 Å². The molecule has 0 aromatic heterocycles. The number of ether oxygens (including phenoxy) is 4. The highest BCUT2D eigenvalue weighted by Crippen LogP contribution is 2.27. The van der Waals surface area contributed by atoms with E-state index in [1.165, 1.54) is 7.11 Å². The first kappa shape index (κ1) is 36.7. The van der Waals surface area contributed by atoms with Crippen molar-refractivity contribution >= 4 is 23.8 Å². The van der Waals surface area contributed by atoms with E-state index in [4.69, 9.17) is 18.9 Å². The Morgan fingerprint density at radius 3 is 2.13 bits per heavy atom. The van der Waals surface area contributed by atoms with Gasteiger partial charge in [-0.05, 0) is 61.4 Å². The van der Waals surface area contributed by atoms with E-state index in [-0.39, 0.29) is 32.2 Å². The normalized spacial score (nSPS) is 12.4. The molecule has 3 rings (SSSR count). The smallest absolute Gasteiger partial charge is 0.407 e. The molecule has 3 aromatic carbocycles. The molecule has 0 heterocycles. The lowest BCUT2D eigenvalue weighted by Gasteiger charge is -2.25. The highest BCUT2D eigenvalue weighted by molar-refractivity contribution is 5.80. The van der Waals surface area contributed by atoms with Crippen LogP contribution in [0.4, 0.5) is 15.3 Å². The van der Waals surface area contributed by atoms with Crippen LogP contribution < -0.4 is 20.7 Å². The molecule has 11 nitrogen and oxygen atoms in total. The number of esters is 1. The zero-order chi connectivity index (χ0) is 34.4. The minimum atomic E-state index is -0.685. The van der Waals surface area contributed by atoms with Crippen LogP contribution in [0, 0.1) is 5.92 Å². The van der Waals surface area contributed by atoms with Gasteiger partial charge in [-0.15, -0.1) is 0 Å². The molecule has 0 saturated heterocycles. The fraction of sp³-hybridized carbons (Fsp3) is 0.417. The van der Waals surface area contributed by atoms with E-state index in [9.17, 15) is 19.5 Å². The number of benzene rings is 3. The van der Waals surface area contributed by atoms with Crippen molar-refractivity contribution in [3.05, 3.63) is 95.1 Å². The third-order valence-electron chi connectivity index (χ3n) is 7.00. The second-order valence-electron chi connectivity index (χ2n) is 12.5. The van der Waals surface area contributed by atoms with Crippen molar-refractivity contribution in [2.75, 3.05) is 19.0 Å². The van der Waals surface area contributed by atoms with Crippen LogP contribution >= 0.6 is 0 Å². The van der Waals surface area contributed by atoms with E-state index in [1.807, 2.05) is 95.3 Å². The first-order valence-corrected chi connectivity index (χ1v) is 15.6. The Morgan fingerprint density at radius 1 is 0.851 bits per heavy atom. The third kappa shape index (κ3) is 12.9. The van der Waals surface area contributed by atoms with Crippen molar-refractivity contribution in [1.82, 2.24) is 10.6 Å². The van der Waals surface area contributed by atoms with Crippen molar-refractivity contribution in [1.29, 1.82) is 0 Å². The average molecular weight is 650 g/mol. The van der Waals surface area contributed by atoms with Crippen molar-refractivity contribution in [2.24, 2.45) is 5.92 Å². The van der Waals surface area contributed by atoms with Crippen molar-refractivity contribution in [2.45, 2.75) is 78.5 Å². The molecular formula is C36H47N3O8. The Kier molecular flexibility index (Phi) is 13.9. The molecule has 11 heteroatoms. The summed E-state index contributed by atoms with van der Waals surface area (Å²) < 4.78 is 21.8. The van der Waals surface area contributed by atoms with Crippen LogP contribution in [-0.2, 0) is 45.2 Å². The first-order valence-electron chi connectivity index (χ1n) is 15.6. The Bertz CT molecular complexity index is 1440. The summed E-state index contributed by atoms with van der Waals surface area (Å²) in [5.41, 5.74) is 3.49. The standard InChI is InChI=1S/C36H47N3O8/c1-24(2)32(33(41)46-23-26-10-8-7-9-11-26)39-31-19-30(17-16-28(31)18-29(21-40)38-35(43)44-6)45-22-27-14-12-25(13-15-27)20-37-34(42)47-36(3,4)5/h7-17,19,24,29,32,39-40H,18,20-23H2,1-6H3,(H,37,42)(H,38,43)/t29-,32+/m0/s1. The van der Waals surface area contributed by atoms with Gasteiger partial charge >= 0.3 is 18.2 Å². The molecule has 0 aliphatic carbocycles. The van der Waals surface area contributed by atoms with Crippen molar-refractivity contribution in [3.8, 4) is 5.75 Å². The van der Waals surface area contributed by atoms with E-state index < -0.39 is 35.8 Å². The fourth-order valence-corrected chi connectivity index (χ4v) is 4.50. The number of nitrogens with one attached hydrogen (secondary N) is 3. The molecule has 3 aromatic rings. The summed E-state index contributed by atoms with van der Waals surface area (Å²) in [5.74, 6) is 0.0168. The molecule has 254 valence electrons. The van der Waals surface area contributed by atoms with E-state index in [0.29, 0.717) is 18.0 Å². The van der Waals surface area contributed by atoms with Crippen LogP contribution in [0.15, 0.2) is 72.8 Å². The largest absolute Gasteiger partial charge is 0.489 e. The minimum absolute atomic E-state index is 0.124. The zero-order valence-corrected chi connectivity index (χ0v) is 28.0. The first-order chi connectivity index (χ1) is 22.4. The van der Waals surface area contributed by atoms with Crippen LogP contribution in [0.5, 0.6) is 5.75 Å². The average Bonchev–Trinajstić information content (AvgIpc) is 3.04. The highest BCUT2D eigenvalue weighted by atomic mass is 16.6. The van der Waals surface area contributed by atoms with Gasteiger partial charge in [-0.3, -0.25) is 0 Å². The molecule has 0 saturated carbocycles. The maximum atomic E-state index is 13.2. The Morgan fingerprint density at radius 2 is 1.51 bits per heavy atom. The van der Waals surface area contributed by atoms with Crippen molar-refractivity contribution in [3.63, 3.8) is 0 Å². The van der Waals surface area contributed by atoms with E-state index >= 15 is 0 Å². The molecule has 0 fully saturated rings. The predicted octanol–water partition coefficient (Wildman–Crippen LogP) is 5.73. The summed E-state index contributed by atoms with van der Waals surface area (Å²) in [6.45, 7) is 9.71. The number of amides is 2. The summed E-state index contributed by atoms with van der Waals surface area (Å²) in [6, 6.07) is 21.2. The number of methoxy groups -OCH3 is 1. The zero-order valence-electron chi connectivity index (χ0n) is 28.0. The number of rotatable bonds is 15. The summed E-state index contributed by atoms with van der Waals surface area (Å²) in [6.07, 6.45) is -0.875. The lowest BCUT2D eigenvalue weighted by Crippen LogP contribution is -2.39. The number of alkyl carbamates (subject to hydrolysis) is 2. The second-order valence-corrected chi connectivity index (χ2v) is 12.5. The molecule has 47 heavy (non-hydrogen) atoms. The minimum Gasteiger partial charge on any atom is -0.489 e. The molecule has 4 N–H and O–H groups in total. The van der Waals surface area contributed by atoms with Gasteiger partial charge in [-0.25, -0.2) is 14.4 Å². The number of anilines is 1. The van der Waals surface area contributed by atoms with Gasteiger partial charge < -0.3 is 40.0 Å². The Labute approximate surface area is 276 Å². The summed E-state index contributed by atoms with van der Waals surface area (Å²) in [5, 5.41) is 18.6. The summed E-state index contributed by atoms with van der Waals surface area (Å²) in [7, 11) is 1.26. The van der Waals surface area contributed by atoms with Crippen LogP contribution in [0.2, 0.25) is 0 Å². The monoisotopic (exact) mass is 649 g/mol. The third-order valence-corrected chi connectivity index (χ3v) is 7.00. The van der Waals surface area contributed by atoms with Gasteiger partial charge in [0.25, 0.3) is 0 Å². The van der Waals surface area contributed by atoms with E-state index in [1.54, 1.807) is 12.1 Å². The lowest BCUT2D eigenvalue weighted by molar-refractivity contribution is -0.146. The summed E-state index contributed by atoms with van der Waals surface area (Å²) in [4.78, 5) is 37.1. The Hall–Kier alpha value is -4.77. The van der Waals surface area contributed by atoms with Crippen LogP contribution in [0.25, 0.3) is 0 Å². The number of aliphatic hydroxyl groups is 1. The predicted molar refractivity (Wildman–Crippen MR) is 179 cm³/mol. The quantitative estimate of drug-likeness (QED) is 0.120. The van der Waals surface area contributed by atoms with Crippen molar-refractivity contribution < 1.29 is 38.4 Å². The van der Waals surface area contributed by atoms with Crippen LogP contribution in [-0.4, -0.2) is 54.7 Å². The molecule has 0 radical (unpaired) electrons. The fourth-order valence-electron chi connectivity index (χ4n) is 4.50. The van der Waals surface area contributed by atoms with Gasteiger partial charge in [0.15, 0.2) is 0 Å². The summed E-state index contributed by atoms with van der Waals surface area (Å²) >= 11 is 0. The number of hydrogen-bond donors (Lipinski definition) is 4. The Balaban J connectivity index is 1.74. The number of carbonyl (C=O) groups excluding carboxylic acids is 3. The highest BCUT2D eigenvalue weighted by Gasteiger charge is 2.26. The second kappa shape index (κ2) is 17.8. The maximum Gasteiger partial charge on any atom is 0.407 e. The topological polar surface area (TPSA) is 144 Å². The number of aliphatic hydroxyl groups excluding tert-OH is 1. The van der Waals surface area contributed by atoms with Crippen LogP contribution in [0.3, 0.4) is 0 Å². The van der Waals surface area contributed by atoms with E-state index in [2.05, 4.69) is 16.0 Å². The van der Waals surface area contributed by atoms with Gasteiger partial charge in [0, 0.05) is 18.3 Å². The maximum absolute atomic E-state index is 13.2. The molecule has 0 unspecified atom stereocenters. The van der Waals surface area contributed by atoms with Gasteiger partial charge in [-0.2, -0.15) is 0 Å². The lowest BCUT2D eigenvalue weighted by atomic mass is 10.0. The number of hydrogen-bond acceptors (Lipinski definition) is 9. The molecule has 2 atom stereocenters. The molecule has 0 aliphatic heterocycles. The van der Waals surface area contributed by atoms with Gasteiger partial charge in [0.05, 0.1) is 19.8 Å².